The molecule has 4 rings (SSSR count). The van der Waals surface area contributed by atoms with E-state index in [0.717, 1.165) is 29.5 Å². The summed E-state index contributed by atoms with van der Waals surface area (Å²) >= 11 is 0. The Kier molecular flexibility index (Phi) is 6.28. The van der Waals surface area contributed by atoms with Crippen molar-refractivity contribution < 1.29 is 14.6 Å². The number of aliphatic hydroxyl groups excluding tert-OH is 1. The van der Waals surface area contributed by atoms with Gasteiger partial charge in [-0.3, -0.25) is 4.79 Å². The summed E-state index contributed by atoms with van der Waals surface area (Å²) in [5.41, 5.74) is 1.87. The van der Waals surface area contributed by atoms with Gasteiger partial charge in [-0.1, -0.05) is 30.3 Å². The van der Waals surface area contributed by atoms with Crippen molar-refractivity contribution in [2.24, 2.45) is 11.8 Å². The highest BCUT2D eigenvalue weighted by molar-refractivity contribution is 5.80. The van der Waals surface area contributed by atoms with Crippen LogP contribution in [-0.4, -0.2) is 59.9 Å². The van der Waals surface area contributed by atoms with E-state index in [0.29, 0.717) is 19.6 Å². The molecule has 0 radical (unpaired) electrons. The average molecular weight is 399 g/mol. The number of nitrogens with zero attached hydrogens (tertiary/aromatic N) is 1. The van der Waals surface area contributed by atoms with Crippen molar-refractivity contribution >= 4 is 5.91 Å². The Labute approximate surface area is 171 Å². The van der Waals surface area contributed by atoms with Crippen molar-refractivity contribution in [1.29, 1.82) is 0 Å². The lowest BCUT2D eigenvalue weighted by Crippen LogP contribution is -2.37. The number of ether oxygens (including phenoxy) is 1. The van der Waals surface area contributed by atoms with Crippen LogP contribution in [0.5, 0.6) is 0 Å². The van der Waals surface area contributed by atoms with E-state index in [1.165, 1.54) is 12.8 Å². The van der Waals surface area contributed by atoms with Gasteiger partial charge < -0.3 is 25.5 Å². The highest BCUT2D eigenvalue weighted by Crippen LogP contribution is 2.40. The number of aromatic nitrogens is 2. The molecule has 2 aliphatic carbocycles. The average Bonchev–Trinajstić information content (AvgIpc) is 3.34. The Hall–Kier alpha value is -2.22. The van der Waals surface area contributed by atoms with Crippen LogP contribution < -0.4 is 10.6 Å². The monoisotopic (exact) mass is 398 g/mol. The van der Waals surface area contributed by atoms with Gasteiger partial charge in [0.2, 0.25) is 5.91 Å². The van der Waals surface area contributed by atoms with E-state index in [1.807, 2.05) is 30.3 Å². The highest BCUT2D eigenvalue weighted by Gasteiger charge is 2.47. The summed E-state index contributed by atoms with van der Waals surface area (Å²) in [6.07, 6.45) is 4.16. The number of hydrogen-bond acceptors (Lipinski definition) is 5. The number of amides is 1. The molecule has 7 heteroatoms. The van der Waals surface area contributed by atoms with Crippen LogP contribution >= 0.6 is 0 Å². The van der Waals surface area contributed by atoms with Crippen molar-refractivity contribution in [3.63, 3.8) is 0 Å². The molecular formula is C22H30N4O3. The van der Waals surface area contributed by atoms with Crippen LogP contribution in [0.2, 0.25) is 0 Å². The van der Waals surface area contributed by atoms with E-state index in [-0.39, 0.29) is 17.9 Å². The smallest absolute Gasteiger partial charge is 0.225 e. The fourth-order valence-electron chi connectivity index (χ4n) is 4.22. The molecule has 1 aromatic heterocycles. The van der Waals surface area contributed by atoms with Crippen LogP contribution in [0.15, 0.2) is 36.5 Å². The van der Waals surface area contributed by atoms with E-state index in [1.54, 1.807) is 13.3 Å². The van der Waals surface area contributed by atoms with Crippen molar-refractivity contribution in [3.05, 3.63) is 42.2 Å². The molecule has 2 aromatic rings. The van der Waals surface area contributed by atoms with E-state index in [9.17, 15) is 9.90 Å². The van der Waals surface area contributed by atoms with E-state index in [4.69, 9.17) is 4.74 Å². The Morgan fingerprint density at radius 2 is 2.10 bits per heavy atom. The molecule has 0 unspecified atom stereocenters. The minimum atomic E-state index is -0.765. The lowest BCUT2D eigenvalue weighted by Gasteiger charge is -2.22. The molecule has 7 nitrogen and oxygen atoms in total. The predicted molar refractivity (Wildman–Crippen MR) is 110 cm³/mol. The van der Waals surface area contributed by atoms with Crippen LogP contribution in [0.25, 0.3) is 11.4 Å². The normalized spacial score (nSPS) is 26.6. The first-order chi connectivity index (χ1) is 14.2. The minimum Gasteiger partial charge on any atom is -0.392 e. The number of aliphatic hydroxyl groups is 1. The summed E-state index contributed by atoms with van der Waals surface area (Å²) in [6.45, 7) is 1.85. The molecule has 4 atom stereocenters. The molecule has 0 saturated heterocycles. The fraction of sp³-hybridized carbons (Fsp3) is 0.545. The second-order valence-corrected chi connectivity index (χ2v) is 8.15. The van der Waals surface area contributed by atoms with Gasteiger partial charge >= 0.3 is 0 Å². The van der Waals surface area contributed by atoms with Crippen molar-refractivity contribution in [2.45, 2.75) is 37.3 Å². The maximum absolute atomic E-state index is 12.6. The third-order valence-corrected chi connectivity index (χ3v) is 6.03. The van der Waals surface area contributed by atoms with Crippen molar-refractivity contribution in [1.82, 2.24) is 20.6 Å². The number of hydrogen-bond donors (Lipinski definition) is 4. The number of benzene rings is 1. The van der Waals surface area contributed by atoms with Gasteiger partial charge in [0.05, 0.1) is 18.6 Å². The Balaban J connectivity index is 1.51. The maximum Gasteiger partial charge on any atom is 0.225 e. The summed E-state index contributed by atoms with van der Waals surface area (Å²) in [4.78, 5) is 20.6. The first-order valence-electron chi connectivity index (χ1n) is 10.5. The number of methoxy groups -OCH3 is 1. The topological polar surface area (TPSA) is 99.3 Å². The summed E-state index contributed by atoms with van der Waals surface area (Å²) in [5.74, 6) is 0.748. The van der Waals surface area contributed by atoms with Crippen molar-refractivity contribution in [2.75, 3.05) is 26.8 Å². The third-order valence-electron chi connectivity index (χ3n) is 6.03. The number of aromatic amines is 1. The minimum absolute atomic E-state index is 0.0350. The zero-order valence-electron chi connectivity index (χ0n) is 16.8. The van der Waals surface area contributed by atoms with Crippen LogP contribution in [0.4, 0.5) is 0 Å². The molecule has 0 bridgehead atoms. The van der Waals surface area contributed by atoms with Crippen LogP contribution in [0.3, 0.4) is 0 Å². The number of imidazole rings is 1. The maximum atomic E-state index is 12.6. The number of H-pyrrole nitrogens is 1. The van der Waals surface area contributed by atoms with Crippen LogP contribution in [-0.2, 0) is 9.53 Å². The van der Waals surface area contributed by atoms with Gasteiger partial charge in [0, 0.05) is 43.1 Å². The zero-order chi connectivity index (χ0) is 20.2. The third kappa shape index (κ3) is 4.69. The van der Waals surface area contributed by atoms with E-state index >= 15 is 0 Å². The molecule has 2 fully saturated rings. The Bertz CT molecular complexity index is 805. The number of rotatable bonds is 9. The first-order valence-corrected chi connectivity index (χ1v) is 10.5. The molecule has 0 aliphatic heterocycles. The SMILES string of the molecule is COCCNC(=O)[C@H]1C[C@@H](NCC2CC2)[C@H](c2cnc(-c3ccccc3)[nH]2)[C@@H]1O. The lowest BCUT2D eigenvalue weighted by molar-refractivity contribution is -0.127. The zero-order valence-corrected chi connectivity index (χ0v) is 16.8. The second-order valence-electron chi connectivity index (χ2n) is 8.15. The molecule has 29 heavy (non-hydrogen) atoms. The predicted octanol–water partition coefficient (Wildman–Crippen LogP) is 1.67. The van der Waals surface area contributed by atoms with Crippen LogP contribution in [0, 0.1) is 11.8 Å². The van der Waals surface area contributed by atoms with Gasteiger partial charge in [0.1, 0.15) is 5.82 Å². The quantitative estimate of drug-likeness (QED) is 0.482. The van der Waals surface area contributed by atoms with E-state index < -0.39 is 12.0 Å². The lowest BCUT2D eigenvalue weighted by atomic mass is 9.96. The second kappa shape index (κ2) is 9.07. The summed E-state index contributed by atoms with van der Waals surface area (Å²) in [7, 11) is 1.60. The molecular weight excluding hydrogens is 368 g/mol. The molecule has 0 spiro atoms. The van der Waals surface area contributed by atoms with Crippen LogP contribution in [0.1, 0.15) is 30.9 Å². The Morgan fingerprint density at radius 1 is 1.31 bits per heavy atom. The fourth-order valence-corrected chi connectivity index (χ4v) is 4.22. The van der Waals surface area contributed by atoms with Gasteiger partial charge in [-0.25, -0.2) is 4.98 Å². The van der Waals surface area contributed by atoms with Gasteiger partial charge in [0.15, 0.2) is 0 Å². The standard InChI is InChI=1S/C22H30N4O3/c1-29-10-9-23-22(28)16-11-17(24-12-14-7-8-14)19(20(16)27)18-13-25-21(26-18)15-5-3-2-4-6-15/h2-6,13-14,16-17,19-20,24,27H,7-12H2,1H3,(H,23,28)(H,25,26)/t16-,17+,19+,20+/m0/s1. The summed E-state index contributed by atoms with van der Waals surface area (Å²) < 4.78 is 5.01. The summed E-state index contributed by atoms with van der Waals surface area (Å²) in [5, 5.41) is 17.6. The van der Waals surface area contributed by atoms with Gasteiger partial charge in [-0.2, -0.15) is 0 Å². The molecule has 1 aromatic carbocycles. The first kappa shape index (κ1) is 20.1. The number of carbonyl (C=O) groups is 1. The van der Waals surface area contributed by atoms with Gasteiger partial charge in [0.25, 0.3) is 0 Å². The highest BCUT2D eigenvalue weighted by atomic mass is 16.5. The van der Waals surface area contributed by atoms with Gasteiger partial charge in [-0.05, 0) is 31.7 Å². The molecule has 2 aliphatic rings. The van der Waals surface area contributed by atoms with Gasteiger partial charge in [-0.15, -0.1) is 0 Å². The largest absolute Gasteiger partial charge is 0.392 e. The summed E-state index contributed by atoms with van der Waals surface area (Å²) in [6, 6.07) is 9.96. The molecule has 156 valence electrons. The molecule has 2 saturated carbocycles. The van der Waals surface area contributed by atoms with E-state index in [2.05, 4.69) is 20.6 Å². The number of carbonyl (C=O) groups excluding carboxylic acids is 1. The molecule has 1 amide bonds. The Morgan fingerprint density at radius 3 is 2.83 bits per heavy atom. The van der Waals surface area contributed by atoms with Crippen molar-refractivity contribution in [3.8, 4) is 11.4 Å². The number of nitrogens with one attached hydrogen (secondary N) is 3. The molecule has 4 N–H and O–H groups in total. The molecule has 1 heterocycles.